The molecule has 2 rings (SSSR count). The molecule has 1 aromatic rings. The van der Waals surface area contributed by atoms with E-state index in [4.69, 9.17) is 5.73 Å². The fourth-order valence-electron chi connectivity index (χ4n) is 1.95. The normalized spacial score (nSPS) is 24.5. The van der Waals surface area contributed by atoms with Gasteiger partial charge < -0.3 is 5.73 Å². The number of hydrogen-bond donors (Lipinski definition) is 1. The summed E-state index contributed by atoms with van der Waals surface area (Å²) in [6, 6.07) is 1.91. The Morgan fingerprint density at radius 2 is 2.40 bits per heavy atom. The molecule has 15 heavy (non-hydrogen) atoms. The molecule has 1 fully saturated rings. The van der Waals surface area contributed by atoms with Crippen molar-refractivity contribution in [1.29, 1.82) is 0 Å². The first-order valence-electron chi connectivity index (χ1n) is 4.95. The van der Waals surface area contributed by atoms with E-state index in [0.717, 1.165) is 11.4 Å². The second-order valence-electron chi connectivity index (χ2n) is 3.99. The molecule has 84 valence electrons. The first kappa shape index (κ1) is 10.6. The molecule has 1 aliphatic heterocycles. The maximum absolute atomic E-state index is 11.3. The lowest BCUT2D eigenvalue weighted by Gasteiger charge is -2.01. The highest BCUT2D eigenvalue weighted by Gasteiger charge is 2.30. The molecule has 0 spiro atoms. The van der Waals surface area contributed by atoms with Crippen molar-refractivity contribution in [2.45, 2.75) is 18.9 Å². The number of nitrogens with zero attached hydrogens (tertiary/aromatic N) is 2. The van der Waals surface area contributed by atoms with E-state index in [1.165, 1.54) is 0 Å². The van der Waals surface area contributed by atoms with Gasteiger partial charge in [-0.15, -0.1) is 0 Å². The average Bonchev–Trinajstić information content (AvgIpc) is 2.69. The summed E-state index contributed by atoms with van der Waals surface area (Å²) in [4.78, 5) is 0. The van der Waals surface area contributed by atoms with Crippen LogP contribution in [0.25, 0.3) is 0 Å². The molecule has 1 atom stereocenters. The first-order valence-corrected chi connectivity index (χ1v) is 6.77. The van der Waals surface area contributed by atoms with Gasteiger partial charge in [-0.05, 0) is 12.5 Å². The van der Waals surface area contributed by atoms with E-state index >= 15 is 0 Å². The van der Waals surface area contributed by atoms with E-state index in [9.17, 15) is 8.42 Å². The van der Waals surface area contributed by atoms with Gasteiger partial charge in [0.1, 0.15) is 0 Å². The molecular weight excluding hydrogens is 214 g/mol. The van der Waals surface area contributed by atoms with Crippen molar-refractivity contribution in [3.05, 3.63) is 17.5 Å². The molecule has 2 heterocycles. The van der Waals surface area contributed by atoms with E-state index < -0.39 is 9.84 Å². The maximum atomic E-state index is 11.3. The van der Waals surface area contributed by atoms with E-state index in [-0.39, 0.29) is 17.4 Å². The SMILES string of the molecule is Cn1nc(C2CCS(=O)(=O)C2)cc1CN. The highest BCUT2D eigenvalue weighted by molar-refractivity contribution is 7.91. The van der Waals surface area contributed by atoms with Crippen LogP contribution in [0, 0.1) is 0 Å². The molecule has 5 nitrogen and oxygen atoms in total. The van der Waals surface area contributed by atoms with E-state index in [1.54, 1.807) is 4.68 Å². The van der Waals surface area contributed by atoms with Crippen molar-refractivity contribution < 1.29 is 8.42 Å². The predicted octanol–water partition coefficient (Wildman–Crippen LogP) is -0.219. The largest absolute Gasteiger partial charge is 0.325 e. The summed E-state index contributed by atoms with van der Waals surface area (Å²) in [5.74, 6) is 0.571. The molecule has 2 N–H and O–H groups in total. The Morgan fingerprint density at radius 3 is 2.87 bits per heavy atom. The number of hydrogen-bond acceptors (Lipinski definition) is 4. The molecule has 0 radical (unpaired) electrons. The number of aryl methyl sites for hydroxylation is 1. The van der Waals surface area contributed by atoms with Crippen molar-refractivity contribution in [3.63, 3.8) is 0 Å². The first-order chi connectivity index (χ1) is 7.02. The van der Waals surface area contributed by atoms with Crippen molar-refractivity contribution >= 4 is 9.84 Å². The van der Waals surface area contributed by atoms with Crippen molar-refractivity contribution in [2.75, 3.05) is 11.5 Å². The Morgan fingerprint density at radius 1 is 1.67 bits per heavy atom. The summed E-state index contributed by atoms with van der Waals surface area (Å²) in [6.07, 6.45) is 0.684. The molecule has 0 saturated carbocycles. The molecule has 1 aliphatic rings. The van der Waals surface area contributed by atoms with Gasteiger partial charge in [0, 0.05) is 19.5 Å². The predicted molar refractivity (Wildman–Crippen MR) is 57.1 cm³/mol. The minimum Gasteiger partial charge on any atom is -0.325 e. The third-order valence-corrected chi connectivity index (χ3v) is 4.62. The van der Waals surface area contributed by atoms with Gasteiger partial charge in [-0.25, -0.2) is 8.42 Å². The molecular formula is C9H15N3O2S. The number of aromatic nitrogens is 2. The molecule has 0 aliphatic carbocycles. The minimum atomic E-state index is -2.83. The van der Waals surface area contributed by atoms with Crippen LogP contribution in [-0.2, 0) is 23.4 Å². The Bertz CT molecular complexity index is 464. The minimum absolute atomic E-state index is 0.0569. The van der Waals surface area contributed by atoms with Crippen LogP contribution in [0.3, 0.4) is 0 Å². The molecule has 0 aromatic carbocycles. The Labute approximate surface area is 89.2 Å². The van der Waals surface area contributed by atoms with Gasteiger partial charge in [0.2, 0.25) is 0 Å². The molecule has 0 bridgehead atoms. The summed E-state index contributed by atoms with van der Waals surface area (Å²) < 4.78 is 24.4. The van der Waals surface area contributed by atoms with Gasteiger partial charge in [-0.1, -0.05) is 0 Å². The fraction of sp³-hybridized carbons (Fsp3) is 0.667. The maximum Gasteiger partial charge on any atom is 0.151 e. The topological polar surface area (TPSA) is 78.0 Å². The molecule has 0 amide bonds. The zero-order valence-electron chi connectivity index (χ0n) is 8.68. The van der Waals surface area contributed by atoms with Gasteiger partial charge in [-0.2, -0.15) is 5.10 Å². The molecule has 1 saturated heterocycles. The third-order valence-electron chi connectivity index (χ3n) is 2.86. The van der Waals surface area contributed by atoms with Gasteiger partial charge in [-0.3, -0.25) is 4.68 Å². The van der Waals surface area contributed by atoms with Crippen molar-refractivity contribution in [1.82, 2.24) is 9.78 Å². The van der Waals surface area contributed by atoms with Crippen molar-refractivity contribution in [2.24, 2.45) is 12.8 Å². The highest BCUT2D eigenvalue weighted by Crippen LogP contribution is 2.28. The van der Waals surface area contributed by atoms with Crippen LogP contribution in [0.2, 0.25) is 0 Å². The van der Waals surface area contributed by atoms with Crippen molar-refractivity contribution in [3.8, 4) is 0 Å². The summed E-state index contributed by atoms with van der Waals surface area (Å²) >= 11 is 0. The van der Waals surface area contributed by atoms with Gasteiger partial charge in [0.05, 0.1) is 22.9 Å². The molecule has 6 heteroatoms. The second-order valence-corrected chi connectivity index (χ2v) is 6.22. The monoisotopic (exact) mass is 229 g/mol. The van der Waals surface area contributed by atoms with Gasteiger partial charge in [0.15, 0.2) is 9.84 Å². The van der Waals surface area contributed by atoms with Crippen LogP contribution in [0.4, 0.5) is 0 Å². The smallest absolute Gasteiger partial charge is 0.151 e. The van der Waals surface area contributed by atoms with Crippen LogP contribution in [-0.4, -0.2) is 29.7 Å². The van der Waals surface area contributed by atoms with Crippen LogP contribution >= 0.6 is 0 Å². The van der Waals surface area contributed by atoms with Crippen LogP contribution in [0.15, 0.2) is 6.07 Å². The Balaban J connectivity index is 2.24. The summed E-state index contributed by atoms with van der Waals surface area (Å²) in [7, 11) is -1.01. The van der Waals surface area contributed by atoms with Crippen LogP contribution in [0.1, 0.15) is 23.7 Å². The van der Waals surface area contributed by atoms with Crippen LogP contribution < -0.4 is 5.73 Å². The number of nitrogens with two attached hydrogens (primary N) is 1. The summed E-state index contributed by atoms with van der Waals surface area (Å²) in [6.45, 7) is 0.434. The zero-order valence-corrected chi connectivity index (χ0v) is 9.50. The average molecular weight is 229 g/mol. The van der Waals surface area contributed by atoms with E-state index in [1.807, 2.05) is 13.1 Å². The highest BCUT2D eigenvalue weighted by atomic mass is 32.2. The van der Waals surface area contributed by atoms with Crippen LogP contribution in [0.5, 0.6) is 0 Å². The van der Waals surface area contributed by atoms with E-state index in [0.29, 0.717) is 13.0 Å². The zero-order chi connectivity index (χ0) is 11.1. The van der Waals surface area contributed by atoms with E-state index in [2.05, 4.69) is 5.10 Å². The third kappa shape index (κ3) is 2.05. The number of sulfone groups is 1. The fourth-order valence-corrected chi connectivity index (χ4v) is 3.71. The van der Waals surface area contributed by atoms with Gasteiger partial charge >= 0.3 is 0 Å². The quantitative estimate of drug-likeness (QED) is 0.760. The second kappa shape index (κ2) is 3.61. The lowest BCUT2D eigenvalue weighted by atomic mass is 10.1. The summed E-state index contributed by atoms with van der Waals surface area (Å²) in [5.41, 5.74) is 7.34. The molecule has 1 unspecified atom stereocenters. The molecule has 1 aromatic heterocycles. The lowest BCUT2D eigenvalue weighted by molar-refractivity contribution is 0.601. The Kier molecular flexibility index (Phi) is 2.56. The standard InChI is InChI=1S/C9H15N3O2S/c1-12-8(5-10)4-9(11-12)7-2-3-15(13,14)6-7/h4,7H,2-3,5-6,10H2,1H3. The van der Waals surface area contributed by atoms with Gasteiger partial charge in [0.25, 0.3) is 0 Å². The number of rotatable bonds is 2. The Hall–Kier alpha value is -0.880. The lowest BCUT2D eigenvalue weighted by Crippen LogP contribution is -2.05. The summed E-state index contributed by atoms with van der Waals surface area (Å²) in [5, 5.41) is 4.30.